The van der Waals surface area contributed by atoms with Crippen molar-refractivity contribution in [2.45, 2.75) is 6.18 Å². The molecule has 0 amide bonds. The van der Waals surface area contributed by atoms with Crippen molar-refractivity contribution in [1.29, 1.82) is 0 Å². The minimum absolute atomic E-state index is 0.248. The highest BCUT2D eigenvalue weighted by Gasteiger charge is 2.31. The van der Waals surface area contributed by atoms with E-state index in [9.17, 15) is 13.2 Å². The van der Waals surface area contributed by atoms with Crippen LogP contribution >= 0.6 is 15.9 Å². The fourth-order valence-electron chi connectivity index (χ4n) is 3.37. The van der Waals surface area contributed by atoms with Crippen molar-refractivity contribution in [3.05, 3.63) is 58.6 Å². The maximum absolute atomic E-state index is 13.0. The summed E-state index contributed by atoms with van der Waals surface area (Å²) in [4.78, 5) is 9.12. The number of hydrogen-bond acceptors (Lipinski definition) is 2. The summed E-state index contributed by atoms with van der Waals surface area (Å²) >= 11 is 3.55. The number of alkyl halides is 3. The van der Waals surface area contributed by atoms with E-state index in [4.69, 9.17) is 0 Å². The Labute approximate surface area is 148 Å². The first-order valence-corrected chi connectivity index (χ1v) is 8.34. The van der Waals surface area contributed by atoms with Gasteiger partial charge in [-0.3, -0.25) is 0 Å². The molecule has 0 fully saturated rings. The van der Waals surface area contributed by atoms with Crippen molar-refractivity contribution in [3.8, 4) is 22.5 Å². The number of hydrogen-bond donors (Lipinski definition) is 0. The van der Waals surface area contributed by atoms with Crippen molar-refractivity contribution in [2.75, 3.05) is 0 Å². The van der Waals surface area contributed by atoms with Gasteiger partial charge >= 0.3 is 6.18 Å². The Kier molecular flexibility index (Phi) is 2.84. The fraction of sp³-hybridized carbons (Fsp3) is 0.0526. The summed E-state index contributed by atoms with van der Waals surface area (Å²) < 4.78 is 39.9. The van der Waals surface area contributed by atoms with Crippen molar-refractivity contribution in [2.24, 2.45) is 0 Å². The van der Waals surface area contributed by atoms with Gasteiger partial charge in [-0.2, -0.15) is 13.2 Å². The average molecular weight is 401 g/mol. The molecule has 25 heavy (non-hydrogen) atoms. The number of nitrogens with zero attached hydrogens (tertiary/aromatic N) is 2. The van der Waals surface area contributed by atoms with E-state index in [1.165, 1.54) is 6.07 Å². The summed E-state index contributed by atoms with van der Waals surface area (Å²) in [6.45, 7) is 0. The number of aromatic nitrogens is 2. The molecular weight excluding hydrogens is 393 g/mol. The van der Waals surface area contributed by atoms with Crippen molar-refractivity contribution >= 4 is 37.7 Å². The smallest absolute Gasteiger partial charge is 0.244 e. The van der Waals surface area contributed by atoms with Crippen LogP contribution < -0.4 is 0 Å². The molecular formula is C19H8BrF3N2. The molecule has 0 N–H and O–H groups in total. The predicted octanol–water partition coefficient (Wildman–Crippen LogP) is 6.21. The second-order valence-electron chi connectivity index (χ2n) is 5.95. The minimum atomic E-state index is -4.40. The van der Waals surface area contributed by atoms with E-state index in [1.54, 1.807) is 0 Å². The zero-order chi connectivity index (χ0) is 17.3. The second kappa shape index (κ2) is 4.79. The molecule has 0 unspecified atom stereocenters. The summed E-state index contributed by atoms with van der Waals surface area (Å²) in [5, 5.41) is 2.06. The van der Waals surface area contributed by atoms with E-state index >= 15 is 0 Å². The Morgan fingerprint density at radius 2 is 1.52 bits per heavy atom. The van der Waals surface area contributed by atoms with Crippen LogP contribution in [0.4, 0.5) is 13.2 Å². The van der Waals surface area contributed by atoms with Gasteiger partial charge in [0.15, 0.2) is 0 Å². The zero-order valence-corrected chi connectivity index (χ0v) is 14.1. The first-order chi connectivity index (χ1) is 11.9. The summed E-state index contributed by atoms with van der Waals surface area (Å²) in [5.74, 6) is 0. The number of benzene rings is 3. The predicted molar refractivity (Wildman–Crippen MR) is 94.2 cm³/mol. The molecule has 6 heteroatoms. The summed E-state index contributed by atoms with van der Waals surface area (Å²) in [7, 11) is 0. The van der Waals surface area contributed by atoms with E-state index in [1.807, 2.05) is 30.3 Å². The Bertz CT molecular complexity index is 1200. The van der Waals surface area contributed by atoms with Gasteiger partial charge in [-0.1, -0.05) is 40.2 Å². The van der Waals surface area contributed by atoms with E-state index in [-0.39, 0.29) is 5.52 Å². The third-order valence-electron chi connectivity index (χ3n) is 4.49. The number of fused-ring (bicyclic) bond motifs is 4. The van der Waals surface area contributed by atoms with E-state index in [0.717, 1.165) is 38.5 Å². The van der Waals surface area contributed by atoms with Crippen LogP contribution in [-0.4, -0.2) is 9.97 Å². The molecule has 4 aromatic rings. The van der Waals surface area contributed by atoms with Crippen LogP contribution in [0.2, 0.25) is 0 Å². The van der Waals surface area contributed by atoms with Gasteiger partial charge in [0.25, 0.3) is 0 Å². The van der Waals surface area contributed by atoms with E-state index in [2.05, 4.69) is 25.9 Å². The maximum atomic E-state index is 13.0. The molecule has 5 rings (SSSR count). The third-order valence-corrected chi connectivity index (χ3v) is 5.18. The molecule has 1 aliphatic carbocycles. The molecule has 0 saturated carbocycles. The van der Waals surface area contributed by atoms with Crippen LogP contribution in [0.25, 0.3) is 44.3 Å². The van der Waals surface area contributed by atoms with Crippen LogP contribution in [-0.2, 0) is 6.18 Å². The molecule has 0 atom stereocenters. The standard InChI is InChI=1S/C19H8BrF3N2/c20-13-6-5-12-16-10(13)2-1-3-11(16)17-18(12)25-15-8-9(19(21,22)23)4-7-14(15)24-17/h1-8H. The lowest BCUT2D eigenvalue weighted by molar-refractivity contribution is -0.137. The van der Waals surface area contributed by atoms with E-state index < -0.39 is 11.7 Å². The van der Waals surface area contributed by atoms with Crippen LogP contribution in [0, 0.1) is 0 Å². The third kappa shape index (κ3) is 2.03. The van der Waals surface area contributed by atoms with Gasteiger partial charge in [0, 0.05) is 21.0 Å². The van der Waals surface area contributed by atoms with E-state index in [0.29, 0.717) is 16.9 Å². The molecule has 0 bridgehead atoms. The molecule has 0 radical (unpaired) electrons. The molecule has 122 valence electrons. The van der Waals surface area contributed by atoms with Crippen LogP contribution in [0.1, 0.15) is 5.56 Å². The lowest BCUT2D eigenvalue weighted by Crippen LogP contribution is -2.05. The number of rotatable bonds is 0. The zero-order valence-electron chi connectivity index (χ0n) is 12.5. The molecule has 3 aromatic carbocycles. The van der Waals surface area contributed by atoms with Crippen molar-refractivity contribution in [1.82, 2.24) is 9.97 Å². The molecule has 0 spiro atoms. The van der Waals surface area contributed by atoms with Gasteiger partial charge < -0.3 is 0 Å². The topological polar surface area (TPSA) is 25.8 Å². The monoisotopic (exact) mass is 400 g/mol. The van der Waals surface area contributed by atoms with Gasteiger partial charge in [0.1, 0.15) is 0 Å². The van der Waals surface area contributed by atoms with Gasteiger partial charge in [0.05, 0.1) is 28.0 Å². The van der Waals surface area contributed by atoms with Gasteiger partial charge in [-0.15, -0.1) is 0 Å². The highest BCUT2D eigenvalue weighted by Crippen LogP contribution is 2.47. The van der Waals surface area contributed by atoms with Crippen LogP contribution in [0.3, 0.4) is 0 Å². The molecule has 0 aliphatic heterocycles. The van der Waals surface area contributed by atoms with Crippen molar-refractivity contribution < 1.29 is 13.2 Å². The van der Waals surface area contributed by atoms with Gasteiger partial charge in [-0.05, 0) is 29.7 Å². The molecule has 1 heterocycles. The van der Waals surface area contributed by atoms with Gasteiger partial charge in [0.2, 0.25) is 0 Å². The molecule has 0 saturated heterocycles. The largest absolute Gasteiger partial charge is 0.416 e. The minimum Gasteiger partial charge on any atom is -0.244 e. The Morgan fingerprint density at radius 1 is 0.800 bits per heavy atom. The molecule has 1 aliphatic rings. The fourth-order valence-corrected chi connectivity index (χ4v) is 3.83. The number of halogens is 4. The highest BCUT2D eigenvalue weighted by atomic mass is 79.9. The lowest BCUT2D eigenvalue weighted by atomic mass is 10.0. The summed E-state index contributed by atoms with van der Waals surface area (Å²) in [6.07, 6.45) is -4.40. The van der Waals surface area contributed by atoms with Crippen LogP contribution in [0.5, 0.6) is 0 Å². The lowest BCUT2D eigenvalue weighted by Gasteiger charge is -2.08. The highest BCUT2D eigenvalue weighted by molar-refractivity contribution is 9.10. The van der Waals surface area contributed by atoms with Crippen molar-refractivity contribution in [3.63, 3.8) is 0 Å². The first-order valence-electron chi connectivity index (χ1n) is 7.54. The molecule has 2 nitrogen and oxygen atoms in total. The maximum Gasteiger partial charge on any atom is 0.416 e. The van der Waals surface area contributed by atoms with Gasteiger partial charge in [-0.25, -0.2) is 9.97 Å². The average Bonchev–Trinajstić information content (AvgIpc) is 2.89. The first kappa shape index (κ1) is 14.8. The summed E-state index contributed by atoms with van der Waals surface area (Å²) in [5.41, 5.74) is 3.18. The Morgan fingerprint density at radius 3 is 2.28 bits per heavy atom. The quantitative estimate of drug-likeness (QED) is 0.308. The Hall–Kier alpha value is -2.47. The normalized spacial score (nSPS) is 12.8. The Balaban J connectivity index is 1.86. The SMILES string of the molecule is FC(F)(F)c1ccc2nc3c(nc2c1)-c1ccc(Br)c2cccc-3c12. The molecule has 1 aromatic heterocycles. The second-order valence-corrected chi connectivity index (χ2v) is 6.80. The van der Waals surface area contributed by atoms with Crippen LogP contribution in [0.15, 0.2) is 53.0 Å². The summed E-state index contributed by atoms with van der Waals surface area (Å²) in [6, 6.07) is 13.2.